The molecule has 18 nitrogen and oxygen atoms in total. The number of nitrogens with zero attached hydrogens (tertiary/aromatic N) is 3. The van der Waals surface area contributed by atoms with Crippen LogP contribution in [-0.4, -0.2) is 137 Å². The van der Waals surface area contributed by atoms with E-state index in [-0.39, 0.29) is 49.5 Å². The van der Waals surface area contributed by atoms with Gasteiger partial charge in [0, 0.05) is 63.3 Å². The highest BCUT2D eigenvalue weighted by atomic mass is 35.5. The Balaban J connectivity index is 1.31. The van der Waals surface area contributed by atoms with Crippen LogP contribution in [0, 0.1) is 5.92 Å². The van der Waals surface area contributed by atoms with E-state index in [1.807, 2.05) is 26.8 Å². The number of fused-ring (bicyclic) bond motifs is 5. The molecule has 4 heterocycles. The lowest BCUT2D eigenvalue weighted by Gasteiger charge is -2.42. The van der Waals surface area contributed by atoms with Crippen LogP contribution in [0.2, 0.25) is 5.02 Å². The van der Waals surface area contributed by atoms with Crippen molar-refractivity contribution in [3.8, 4) is 5.75 Å². The summed E-state index contributed by atoms with van der Waals surface area (Å²) in [5.74, 6) is -3.29. The molecule has 3 fully saturated rings. The number of hydrogen-bond acceptors (Lipinski definition) is 16. The number of imide groups is 1. The zero-order valence-electron chi connectivity index (χ0n) is 39.0. The Labute approximate surface area is 398 Å². The van der Waals surface area contributed by atoms with Crippen molar-refractivity contribution in [3.63, 3.8) is 0 Å². The van der Waals surface area contributed by atoms with E-state index >= 15 is 0 Å². The van der Waals surface area contributed by atoms with Crippen molar-refractivity contribution < 1.29 is 67.2 Å². The summed E-state index contributed by atoms with van der Waals surface area (Å²) >= 11 is 6.80. The summed E-state index contributed by atoms with van der Waals surface area (Å²) in [6, 6.07) is 2.46. The summed E-state index contributed by atoms with van der Waals surface area (Å²) < 4.78 is 29.0. The number of allylic oxidation sites excluding steroid dienone is 3. The fourth-order valence-electron chi connectivity index (χ4n) is 7.98. The number of anilines is 1. The molecule has 0 saturated carbocycles. The molecule has 1 aromatic carbocycles. The molecule has 1 unspecified atom stereocenters. The lowest BCUT2D eigenvalue weighted by molar-refractivity contribution is -0.197. The van der Waals surface area contributed by atoms with Gasteiger partial charge in [-0.3, -0.25) is 24.5 Å². The lowest BCUT2D eigenvalue weighted by Crippen LogP contribution is -2.63. The van der Waals surface area contributed by atoms with Gasteiger partial charge in [0.1, 0.15) is 40.7 Å². The molecule has 0 radical (unpaired) electrons. The van der Waals surface area contributed by atoms with Crippen molar-refractivity contribution in [3.05, 3.63) is 46.5 Å². The van der Waals surface area contributed by atoms with Gasteiger partial charge >= 0.3 is 18.0 Å². The van der Waals surface area contributed by atoms with Gasteiger partial charge in [0.05, 0.1) is 31.7 Å². The maximum Gasteiger partial charge on any atom is 0.409 e. The number of benzene rings is 1. The molecule has 3 saturated heterocycles. The van der Waals surface area contributed by atoms with Crippen molar-refractivity contribution in [1.29, 1.82) is 0 Å². The van der Waals surface area contributed by atoms with E-state index in [9.17, 15) is 38.7 Å². The van der Waals surface area contributed by atoms with Crippen molar-refractivity contribution in [2.24, 2.45) is 5.92 Å². The van der Waals surface area contributed by atoms with E-state index in [2.05, 4.69) is 5.32 Å². The summed E-state index contributed by atoms with van der Waals surface area (Å²) in [6.07, 6.45) is 0.994. The first kappa shape index (κ1) is 52.6. The summed E-state index contributed by atoms with van der Waals surface area (Å²) in [6.45, 7) is 10.8. The number of halogens is 1. The Morgan fingerprint density at radius 2 is 1.79 bits per heavy atom. The summed E-state index contributed by atoms with van der Waals surface area (Å²) in [5.41, 5.74) is -1.11. The predicted molar refractivity (Wildman–Crippen MR) is 246 cm³/mol. The minimum absolute atomic E-state index is 0.00912. The van der Waals surface area contributed by atoms with Crippen LogP contribution in [0.1, 0.15) is 92.1 Å². The molecule has 21 heteroatoms. The lowest BCUT2D eigenvalue weighted by atomic mass is 9.83. The Kier molecular flexibility index (Phi) is 17.3. The molecule has 364 valence electrons. The Morgan fingerprint density at radius 3 is 2.44 bits per heavy atom. The van der Waals surface area contributed by atoms with Gasteiger partial charge in [0.2, 0.25) is 11.8 Å². The molecule has 2 N–H and O–H groups in total. The number of methoxy groups -OCH3 is 2. The summed E-state index contributed by atoms with van der Waals surface area (Å²) in [7, 11) is 8.78. The van der Waals surface area contributed by atoms with Gasteiger partial charge in [-0.15, -0.1) is 5.06 Å². The van der Waals surface area contributed by atoms with Crippen molar-refractivity contribution >= 4 is 80.5 Å². The number of aliphatic hydroxyl groups is 1. The second-order valence-electron chi connectivity index (χ2n) is 17.9. The molecule has 4 aliphatic heterocycles. The number of nitrogens with one attached hydrogen (secondary N) is 1. The van der Waals surface area contributed by atoms with E-state index in [4.69, 9.17) is 40.1 Å². The molecule has 4 aliphatic rings. The molecular formula is C45H61ClN4O14S2. The number of hydrogen-bond donors (Lipinski definition) is 2. The van der Waals surface area contributed by atoms with Crippen LogP contribution in [0.3, 0.4) is 0 Å². The number of likely N-dealkylation sites (N-methyl/N-ethyl adjacent to an activating group) is 1. The fourth-order valence-corrected chi connectivity index (χ4v) is 10.8. The average molecular weight is 982 g/mol. The molecule has 0 spiro atoms. The number of rotatable bonds is 14. The van der Waals surface area contributed by atoms with Crippen LogP contribution < -0.4 is 15.0 Å². The van der Waals surface area contributed by atoms with Crippen molar-refractivity contribution in [2.45, 2.75) is 139 Å². The summed E-state index contributed by atoms with van der Waals surface area (Å²) in [5, 5.41) is 15.0. The Morgan fingerprint density at radius 1 is 1.11 bits per heavy atom. The van der Waals surface area contributed by atoms with Gasteiger partial charge < -0.3 is 43.4 Å². The highest BCUT2D eigenvalue weighted by Gasteiger charge is 2.64. The number of carbonyl (C=O) groups excluding carboxylic acids is 7. The summed E-state index contributed by atoms with van der Waals surface area (Å²) in [4.78, 5) is 98.1. The second kappa shape index (κ2) is 21.7. The number of ether oxygens (including phenoxy) is 5. The third-order valence-corrected chi connectivity index (χ3v) is 16.1. The zero-order valence-corrected chi connectivity index (χ0v) is 41.4. The maximum atomic E-state index is 14.3. The van der Waals surface area contributed by atoms with Crippen LogP contribution in [0.25, 0.3) is 0 Å². The van der Waals surface area contributed by atoms with Crippen LogP contribution >= 0.6 is 33.2 Å². The van der Waals surface area contributed by atoms with E-state index in [1.165, 1.54) is 59.6 Å². The van der Waals surface area contributed by atoms with Gasteiger partial charge in [-0.1, -0.05) is 63.9 Å². The molecule has 8 atom stereocenters. The SMILES string of the molecule is COc1cc2cc(c1Cl)N(C)C(=O)C[C@H](OC(=O)[C@H](C)N(C)C(=O)CCC(C)(C)SSCCC(=O)ON1C(=O)CCC1=O)[C@]1(C)O[C@H]1[C@H](C)C1C[C@@](O)(NC(=O)O1)[C@H](OC)/C=C/C=C(\C)C2. The molecular weight excluding hydrogens is 920 g/mol. The molecule has 5 rings (SSSR count). The largest absolute Gasteiger partial charge is 0.495 e. The minimum atomic E-state index is -1.87. The molecule has 0 aromatic heterocycles. The van der Waals surface area contributed by atoms with E-state index < -0.39 is 88.2 Å². The molecule has 66 heavy (non-hydrogen) atoms. The number of amides is 5. The first-order valence-corrected chi connectivity index (χ1v) is 24.3. The second-order valence-corrected chi connectivity index (χ2v) is 21.4. The van der Waals surface area contributed by atoms with E-state index in [1.54, 1.807) is 45.2 Å². The minimum Gasteiger partial charge on any atom is -0.495 e. The normalized spacial score (nSPS) is 28.8. The first-order valence-electron chi connectivity index (χ1n) is 21.7. The van der Waals surface area contributed by atoms with Crippen LogP contribution in [-0.2, 0) is 59.0 Å². The molecule has 4 bridgehead atoms. The van der Waals surface area contributed by atoms with Crippen molar-refractivity contribution in [2.75, 3.05) is 39.0 Å². The Hall–Kier alpha value is -4.34. The number of carbonyl (C=O) groups is 7. The van der Waals surface area contributed by atoms with Gasteiger partial charge in [0.25, 0.3) is 11.8 Å². The number of alkyl carbamates (subject to hydrolysis) is 1. The van der Waals surface area contributed by atoms with Gasteiger partial charge in [-0.2, -0.15) is 0 Å². The number of epoxide rings is 1. The highest BCUT2D eigenvalue weighted by molar-refractivity contribution is 8.77. The monoisotopic (exact) mass is 980 g/mol. The van der Waals surface area contributed by atoms with Gasteiger partial charge in [-0.25, -0.2) is 14.4 Å². The van der Waals surface area contributed by atoms with Gasteiger partial charge in [0.15, 0.2) is 5.72 Å². The molecule has 0 aliphatic carbocycles. The average Bonchev–Trinajstić information content (AvgIpc) is 3.87. The fraction of sp³-hybridized carbons (Fsp3) is 0.622. The van der Waals surface area contributed by atoms with Crippen LogP contribution in [0.5, 0.6) is 5.75 Å². The third-order valence-electron chi connectivity index (χ3n) is 12.3. The topological polar surface area (TPSA) is 220 Å². The zero-order chi connectivity index (χ0) is 48.9. The van der Waals surface area contributed by atoms with Crippen molar-refractivity contribution in [1.82, 2.24) is 15.3 Å². The van der Waals surface area contributed by atoms with Crippen LogP contribution in [0.15, 0.2) is 35.9 Å². The number of hydroxylamine groups is 2. The quantitative estimate of drug-likeness (QED) is 0.0778. The first-order chi connectivity index (χ1) is 30.9. The molecule has 1 aromatic rings. The number of esters is 1. The highest BCUT2D eigenvalue weighted by Crippen LogP contribution is 2.49. The van der Waals surface area contributed by atoms with E-state index in [0.717, 1.165) is 11.1 Å². The molecule has 5 amide bonds. The predicted octanol–water partition coefficient (Wildman–Crippen LogP) is 5.45. The van der Waals surface area contributed by atoms with Crippen LogP contribution in [0.4, 0.5) is 10.5 Å². The maximum absolute atomic E-state index is 14.3. The van der Waals surface area contributed by atoms with E-state index in [0.29, 0.717) is 35.1 Å². The third kappa shape index (κ3) is 12.6. The smallest absolute Gasteiger partial charge is 0.409 e. The standard InChI is InChI=1S/C45H61ClN4O14S2/c1-25-12-11-13-32(60-10)45(58)24-31(61-42(57)47-45)26(2)40-44(6,63-40)33(23-37(54)49(8)29-21-28(20-25)22-30(59-9)39(29)46)62-41(56)27(3)48(7)34(51)16-18-43(4,5)66-65-19-17-38(55)64-50-35(52)14-15-36(50)53/h11-13,21-22,26-27,31-33,40,58H,14-20,23-24H2,1-10H3,(H,47,57)/b13-11+,25-12+/t26-,27+,31?,32-,33+,40+,44+,45+/m1/s1. The Bertz CT molecular complexity index is 2110. The van der Waals surface area contributed by atoms with Gasteiger partial charge in [-0.05, 0) is 65.2 Å².